The third-order valence-electron chi connectivity index (χ3n) is 24.1. The van der Waals surface area contributed by atoms with Gasteiger partial charge in [0.2, 0.25) is 17.1 Å². The van der Waals surface area contributed by atoms with Crippen molar-refractivity contribution < 1.29 is 57.4 Å². The second kappa shape index (κ2) is 38.5. The zero-order valence-corrected chi connectivity index (χ0v) is 74.2. The van der Waals surface area contributed by atoms with Crippen LogP contribution in [-0.2, 0) is 68.5 Å². The number of thiazole rings is 2. The number of oxime groups is 2. The van der Waals surface area contributed by atoms with E-state index in [0.717, 1.165) is 55.6 Å². The maximum Gasteiger partial charge on any atom is 0.361 e. The van der Waals surface area contributed by atoms with Gasteiger partial charge in [-0.05, 0) is 86.9 Å². The van der Waals surface area contributed by atoms with Crippen molar-refractivity contribution in [1.82, 2.24) is 30.4 Å². The summed E-state index contributed by atoms with van der Waals surface area (Å²) in [5, 5.41) is 24.9. The maximum absolute atomic E-state index is 15.6. The molecule has 22 nitrogen and oxygen atoms in total. The first kappa shape index (κ1) is 86.8. The minimum atomic E-state index is -1.67. The highest BCUT2D eigenvalue weighted by atomic mass is 35.5. The van der Waals surface area contributed by atoms with Crippen molar-refractivity contribution in [2.24, 2.45) is 10.3 Å². The van der Waals surface area contributed by atoms with Crippen LogP contribution in [0.25, 0.3) is 0 Å². The smallest absolute Gasteiger partial charge is 0.361 e. The van der Waals surface area contributed by atoms with E-state index in [-0.39, 0.29) is 83.3 Å². The Bertz CT molecular complexity index is 5930. The van der Waals surface area contributed by atoms with Gasteiger partial charge in [-0.3, -0.25) is 29.0 Å². The molecule has 18 rings (SSSR count). The number of carbonyl (C=O) groups is 7. The summed E-state index contributed by atoms with van der Waals surface area (Å²) in [5.41, 5.74) is 2.64. The maximum atomic E-state index is 15.6. The average Bonchev–Trinajstić information content (AvgIpc) is 0.959. The second-order valence-corrected chi connectivity index (χ2v) is 36.4. The zero-order valence-electron chi connectivity index (χ0n) is 69.4. The fourth-order valence-electron chi connectivity index (χ4n) is 17.5. The molecule has 4 unspecified atom stereocenters. The fourth-order valence-corrected chi connectivity index (χ4v) is 22.4. The predicted molar refractivity (Wildman–Crippen MR) is 501 cm³/mol. The summed E-state index contributed by atoms with van der Waals surface area (Å²) < 4.78 is 19.3. The van der Waals surface area contributed by atoms with Gasteiger partial charge in [0.1, 0.15) is 51.0 Å². The van der Waals surface area contributed by atoms with Crippen LogP contribution < -0.4 is 21.3 Å². The molecule has 650 valence electrons. The van der Waals surface area contributed by atoms with Gasteiger partial charge in [-0.25, -0.2) is 24.4 Å². The largest absolute Gasteiger partial charge is 0.450 e. The Hall–Kier alpha value is -13.0. The SMILES string of the molecule is O=C(OC1=C(CCl)CSC2C(NC(=O)/C(=N\OC3(C(=O)OC(c4ccccc4)c4ccccc4)CCCC3)c3csc(NC(c4ccccc4)(c4ccccc4)c4ccccc4)n3)C(=O)N12)C1=C(CCl)CSC2C(NC(=O)/C(=N\OC3(C(=O)OC(c4ccccc4)c4ccccc4)CCCC3)c3csc(NC(c4ccccc4)(c4ccccc4)c4ccccc4)n3)C(=O)N12. The minimum Gasteiger partial charge on any atom is -0.450 e. The Morgan fingerprint density at radius 2 is 0.713 bits per heavy atom. The molecular formula is C101H86Cl2N10O12S4. The number of benzene rings is 10. The van der Waals surface area contributed by atoms with Gasteiger partial charge in [-0.1, -0.05) is 314 Å². The molecule has 2 aliphatic carbocycles. The molecule has 0 spiro atoms. The third kappa shape index (κ3) is 17.4. The molecule has 2 aromatic heterocycles. The van der Waals surface area contributed by atoms with E-state index in [0.29, 0.717) is 47.1 Å². The molecule has 2 saturated carbocycles. The fraction of sp³-hybridized carbons (Fsp3) is 0.218. The number of thioether (sulfide) groups is 2. The first-order valence-corrected chi connectivity index (χ1v) is 47.4. The summed E-state index contributed by atoms with van der Waals surface area (Å²) >= 11 is 18.4. The molecule has 6 aliphatic rings. The van der Waals surface area contributed by atoms with E-state index in [1.54, 1.807) is 10.8 Å². The molecule has 4 atom stereocenters. The van der Waals surface area contributed by atoms with Crippen LogP contribution >= 0.6 is 69.4 Å². The lowest BCUT2D eigenvalue weighted by atomic mass is 9.77. The van der Waals surface area contributed by atoms with Crippen LogP contribution in [-0.4, -0.2) is 130 Å². The van der Waals surface area contributed by atoms with Crippen molar-refractivity contribution in [3.8, 4) is 0 Å². The monoisotopic (exact) mass is 1830 g/mol. The van der Waals surface area contributed by atoms with Crippen LogP contribution in [0.4, 0.5) is 10.3 Å². The van der Waals surface area contributed by atoms with Crippen molar-refractivity contribution in [3.63, 3.8) is 0 Å². The summed E-state index contributed by atoms with van der Waals surface area (Å²) in [6.07, 6.45) is 1.45. The number of nitrogens with one attached hydrogen (secondary N) is 4. The quantitative estimate of drug-likeness (QED) is 0.00580. The number of esters is 3. The third-order valence-corrected chi connectivity index (χ3v) is 29.0. The number of fused-ring (bicyclic) bond motifs is 2. The number of rotatable bonds is 32. The van der Waals surface area contributed by atoms with Gasteiger partial charge in [0.25, 0.3) is 23.6 Å². The lowest BCUT2D eigenvalue weighted by molar-refractivity contribution is -0.177. The first-order valence-electron chi connectivity index (χ1n) is 42.4. The van der Waals surface area contributed by atoms with Crippen LogP contribution in [0, 0.1) is 0 Å². The van der Waals surface area contributed by atoms with Gasteiger partial charge in [0, 0.05) is 65.3 Å². The number of β-lactam (4-membered cyclic amide) rings is 2. The van der Waals surface area contributed by atoms with Crippen molar-refractivity contribution in [1.29, 1.82) is 0 Å². The van der Waals surface area contributed by atoms with Crippen LogP contribution in [0.5, 0.6) is 0 Å². The van der Waals surface area contributed by atoms with E-state index in [9.17, 15) is 0 Å². The average molecular weight is 1830 g/mol. The molecule has 4 aliphatic heterocycles. The topological polar surface area (TPSA) is 271 Å². The van der Waals surface area contributed by atoms with Gasteiger partial charge in [0.15, 0.2) is 33.9 Å². The molecule has 0 bridgehead atoms. The summed E-state index contributed by atoms with van der Waals surface area (Å²) in [7, 11) is 0. The molecule has 28 heteroatoms. The number of amides is 4. The number of nitrogens with zero attached hydrogens (tertiary/aromatic N) is 6. The highest BCUT2D eigenvalue weighted by Gasteiger charge is 2.59. The van der Waals surface area contributed by atoms with Gasteiger partial charge in [0.05, 0.1) is 0 Å². The molecule has 4 amide bonds. The zero-order chi connectivity index (χ0) is 88.5. The Balaban J connectivity index is 0.622. The summed E-state index contributed by atoms with van der Waals surface area (Å²) in [6.45, 7) is 0. The number of ether oxygens (including phenoxy) is 3. The number of halogens is 2. The van der Waals surface area contributed by atoms with Crippen molar-refractivity contribution >= 4 is 133 Å². The van der Waals surface area contributed by atoms with Crippen LogP contribution in [0.3, 0.4) is 0 Å². The number of hydrogen-bond donors (Lipinski definition) is 4. The van der Waals surface area contributed by atoms with E-state index in [2.05, 4.69) is 31.6 Å². The predicted octanol–water partition coefficient (Wildman–Crippen LogP) is 18.1. The number of aromatic nitrogens is 2. The van der Waals surface area contributed by atoms with Crippen LogP contribution in [0.2, 0.25) is 0 Å². The van der Waals surface area contributed by atoms with Crippen molar-refractivity contribution in [3.05, 3.63) is 404 Å². The highest BCUT2D eigenvalue weighted by molar-refractivity contribution is 8.00. The molecule has 4 N–H and O–H groups in total. The number of alkyl halides is 2. The molecule has 12 aromatic rings. The number of carbonyl (C=O) groups excluding carboxylic acids is 7. The van der Waals surface area contributed by atoms with E-state index in [1.165, 1.54) is 56.0 Å². The molecular weight excluding hydrogens is 1740 g/mol. The van der Waals surface area contributed by atoms with Crippen molar-refractivity contribution in [2.45, 2.75) is 109 Å². The van der Waals surface area contributed by atoms with Crippen molar-refractivity contribution in [2.75, 3.05) is 33.9 Å². The lowest BCUT2D eigenvalue weighted by Crippen LogP contribution is -2.71. The van der Waals surface area contributed by atoms with Gasteiger partial charge < -0.3 is 45.2 Å². The van der Waals surface area contributed by atoms with E-state index in [4.69, 9.17) is 57.1 Å². The molecule has 6 heterocycles. The number of anilines is 2. The molecule has 0 radical (unpaired) electrons. The second-order valence-electron chi connectivity index (χ2n) is 31.9. The van der Waals surface area contributed by atoms with Gasteiger partial charge in [-0.2, -0.15) is 0 Å². The normalized spacial score (nSPS) is 18.3. The Morgan fingerprint density at radius 1 is 0.419 bits per heavy atom. The standard InChI is InChI=1S/C101H86Cl2N10O12S4/c102-59-69-61-126-91-81(106-86(114)79(110-124-98(55-31-32-56-98)94(119)121-84(65-35-11-1-12-36-65)66-37-13-2-14-38-66)77-63-128-96(104-77)108-100(71-43-19-5-20-44-71,72-45-21-6-22-46-72)73-47-23-7-24-48-73)88(116)112(91)83(69)93(118)123-90-70(60-103)62-127-92-82(89(117)113(90)92)107-87(115)80(111-125-99(57-33-34-58-99)95(120)122-85(67-39-15-3-16-40-67)68-41-17-4-18-42-68)78-64-129-97(105-78)109-101(74-49-25-8-26-50-74,75-51-27-9-28-52-75)76-53-29-10-30-54-76/h1-30,35-54,63-64,81-82,84-85,91-92H,31-34,55-62H2,(H,104,108)(H,105,109)(H,106,114)(H,107,115)/b110-79-,111-80-. The summed E-state index contributed by atoms with van der Waals surface area (Å²) in [5.74, 6) is -5.99. The molecule has 129 heavy (non-hydrogen) atoms. The van der Waals surface area contributed by atoms with Crippen LogP contribution in [0.1, 0.15) is 131 Å². The van der Waals surface area contributed by atoms with Crippen LogP contribution in [0.15, 0.2) is 347 Å². The Morgan fingerprint density at radius 3 is 1.03 bits per heavy atom. The van der Waals surface area contributed by atoms with E-state index >= 15 is 33.6 Å². The molecule has 10 aromatic carbocycles. The first-order chi connectivity index (χ1) is 63.2. The summed E-state index contributed by atoms with van der Waals surface area (Å²) in [6, 6.07) is 94.5. The van der Waals surface area contributed by atoms with E-state index in [1.807, 2.05) is 303 Å². The lowest BCUT2D eigenvalue weighted by Gasteiger charge is -2.51. The summed E-state index contributed by atoms with van der Waals surface area (Å²) in [4.78, 5) is 133. The number of hydrogen-bond acceptors (Lipinski definition) is 22. The Labute approximate surface area is 771 Å². The minimum absolute atomic E-state index is 0.0427. The van der Waals surface area contributed by atoms with Gasteiger partial charge in [-0.15, -0.1) is 69.4 Å². The van der Waals surface area contributed by atoms with Gasteiger partial charge >= 0.3 is 17.9 Å². The molecule has 4 fully saturated rings. The molecule has 2 saturated heterocycles. The highest BCUT2D eigenvalue weighted by Crippen LogP contribution is 2.49. The van der Waals surface area contributed by atoms with E-state index < -0.39 is 98.9 Å². The Kier molecular flexibility index (Phi) is 25.9.